The van der Waals surface area contributed by atoms with Gasteiger partial charge in [-0.15, -0.1) is 0 Å². The van der Waals surface area contributed by atoms with Gasteiger partial charge < -0.3 is 29.4 Å². The Morgan fingerprint density at radius 1 is 1.00 bits per heavy atom. The summed E-state index contributed by atoms with van der Waals surface area (Å²) in [6, 6.07) is -1.32. The van der Waals surface area contributed by atoms with E-state index in [4.69, 9.17) is 32.5 Å². The van der Waals surface area contributed by atoms with Gasteiger partial charge in [0.1, 0.15) is 46.8 Å². The van der Waals surface area contributed by atoms with Crippen LogP contribution in [0.2, 0.25) is 0 Å². The number of fused-ring (bicyclic) bond motifs is 3. The van der Waals surface area contributed by atoms with Gasteiger partial charge in [0.05, 0.1) is 6.61 Å². The molecular formula is C26H40N5O13P. The molecule has 0 aromatic carbocycles. The number of hydrogen-bond donors (Lipinski definition) is 3. The predicted octanol–water partition coefficient (Wildman–Crippen LogP) is 3.16. The van der Waals surface area contributed by atoms with E-state index in [1.165, 1.54) is 0 Å². The zero-order chi connectivity index (χ0) is 33.9. The van der Waals surface area contributed by atoms with E-state index in [1.807, 2.05) is 0 Å². The monoisotopic (exact) mass is 661 g/mol. The summed E-state index contributed by atoms with van der Waals surface area (Å²) < 4.78 is 51.0. The van der Waals surface area contributed by atoms with Gasteiger partial charge in [0.25, 0.3) is 5.56 Å². The summed E-state index contributed by atoms with van der Waals surface area (Å²) in [7, 11) is -2.94. The highest BCUT2D eigenvalue weighted by atomic mass is 31.2. The van der Waals surface area contributed by atoms with Crippen LogP contribution in [0.5, 0.6) is 0 Å². The van der Waals surface area contributed by atoms with Gasteiger partial charge in [-0.1, -0.05) is 0 Å². The number of nitrogens with one attached hydrogen (secondary N) is 2. The molecule has 6 atom stereocenters. The standard InChI is InChI=1S/C26H40N5O13P/c1-24(2,3)41-21(34)29-20-28-17-14(18(33)31(20)23(36)43-26(7,8)9)27-13-15(32)16-12(11-39-45(37,38-10)44-16)40-19(13)30(17)22(35)42-25(4,5)6/h12-13,15-16,19,27,32H,11H2,1-10H3,(H,28,29,34). The number of nitrogens with zero attached hydrogens (tertiary/aromatic N) is 3. The molecule has 19 heteroatoms. The normalized spacial score (nSPS) is 28.1. The molecule has 45 heavy (non-hydrogen) atoms. The van der Waals surface area contributed by atoms with Crippen molar-refractivity contribution in [3.05, 3.63) is 10.4 Å². The Morgan fingerprint density at radius 2 is 1.58 bits per heavy atom. The molecule has 18 nitrogen and oxygen atoms in total. The molecule has 4 rings (SSSR count). The van der Waals surface area contributed by atoms with E-state index in [-0.39, 0.29) is 6.61 Å². The van der Waals surface area contributed by atoms with Crippen LogP contribution in [0.4, 0.5) is 31.8 Å². The van der Waals surface area contributed by atoms with Crippen molar-refractivity contribution in [2.24, 2.45) is 0 Å². The molecule has 2 saturated heterocycles. The average molecular weight is 662 g/mol. The van der Waals surface area contributed by atoms with E-state index in [1.54, 1.807) is 62.3 Å². The second-order valence-electron chi connectivity index (χ2n) is 13.5. The quantitative estimate of drug-likeness (QED) is 0.306. The van der Waals surface area contributed by atoms with Crippen LogP contribution < -0.4 is 21.1 Å². The van der Waals surface area contributed by atoms with Crippen molar-refractivity contribution >= 4 is 43.6 Å². The number of carbonyl (C=O) groups excluding carboxylic acids is 3. The van der Waals surface area contributed by atoms with Crippen molar-refractivity contribution in [2.75, 3.05) is 29.3 Å². The first-order valence-electron chi connectivity index (χ1n) is 14.0. The molecule has 3 N–H and O–H groups in total. The van der Waals surface area contributed by atoms with Gasteiger partial charge in [-0.3, -0.25) is 23.7 Å². The molecule has 0 spiro atoms. The smallest absolute Gasteiger partial charge is 0.444 e. The fourth-order valence-electron chi connectivity index (χ4n) is 4.57. The third kappa shape index (κ3) is 7.58. The van der Waals surface area contributed by atoms with Gasteiger partial charge in [-0.2, -0.15) is 9.55 Å². The Labute approximate surface area is 259 Å². The van der Waals surface area contributed by atoms with Gasteiger partial charge >= 0.3 is 26.1 Å². The summed E-state index contributed by atoms with van der Waals surface area (Å²) in [5.41, 5.74) is -4.65. The first-order chi connectivity index (χ1) is 20.5. The zero-order valence-electron chi connectivity index (χ0n) is 26.7. The van der Waals surface area contributed by atoms with Gasteiger partial charge in [-0.25, -0.2) is 23.8 Å². The highest BCUT2D eigenvalue weighted by Crippen LogP contribution is 2.55. The number of phosphoric acid groups is 1. The molecule has 3 aliphatic heterocycles. The summed E-state index contributed by atoms with van der Waals surface area (Å²) in [5, 5.41) is 16.5. The topological polar surface area (TPSA) is 215 Å². The van der Waals surface area contributed by atoms with Crippen LogP contribution in [0.25, 0.3) is 0 Å². The van der Waals surface area contributed by atoms with E-state index < -0.39 is 96.5 Å². The first-order valence-corrected chi connectivity index (χ1v) is 15.5. The molecule has 0 saturated carbocycles. The molecular weight excluding hydrogens is 621 g/mol. The number of anilines is 3. The van der Waals surface area contributed by atoms with Crippen molar-refractivity contribution < 1.29 is 56.6 Å². The van der Waals surface area contributed by atoms with Crippen LogP contribution in [0, 0.1) is 0 Å². The van der Waals surface area contributed by atoms with Crippen LogP contribution in [0.1, 0.15) is 62.3 Å². The molecule has 252 valence electrons. The van der Waals surface area contributed by atoms with E-state index in [9.17, 15) is 28.8 Å². The number of phosphoric ester groups is 1. The van der Waals surface area contributed by atoms with E-state index in [0.29, 0.717) is 4.57 Å². The lowest BCUT2D eigenvalue weighted by Gasteiger charge is -2.51. The molecule has 4 heterocycles. The lowest BCUT2D eigenvalue weighted by atomic mass is 9.94. The van der Waals surface area contributed by atoms with Crippen molar-refractivity contribution in [1.29, 1.82) is 0 Å². The highest BCUT2D eigenvalue weighted by Gasteiger charge is 2.57. The van der Waals surface area contributed by atoms with Crippen LogP contribution in [-0.4, -0.2) is 94.0 Å². The third-order valence-corrected chi connectivity index (χ3v) is 7.61. The summed E-state index contributed by atoms with van der Waals surface area (Å²) in [6.07, 6.45) is -8.65. The maximum atomic E-state index is 14.0. The largest absolute Gasteiger partial charge is 0.475 e. The van der Waals surface area contributed by atoms with Gasteiger partial charge in [0.2, 0.25) is 5.95 Å². The van der Waals surface area contributed by atoms with Gasteiger partial charge in [-0.05, 0) is 62.3 Å². The molecule has 1 aromatic rings. The predicted molar refractivity (Wildman–Crippen MR) is 156 cm³/mol. The second kappa shape index (κ2) is 11.8. The molecule has 0 aliphatic carbocycles. The van der Waals surface area contributed by atoms with Crippen molar-refractivity contribution in [3.63, 3.8) is 0 Å². The highest BCUT2D eigenvalue weighted by molar-refractivity contribution is 7.48. The summed E-state index contributed by atoms with van der Waals surface area (Å²) >= 11 is 0. The fourth-order valence-corrected chi connectivity index (χ4v) is 5.71. The molecule has 1 aromatic heterocycles. The number of aliphatic hydroxyl groups excluding tert-OH is 1. The number of hydrogen-bond acceptors (Lipinski definition) is 15. The van der Waals surface area contributed by atoms with Crippen LogP contribution in [-0.2, 0) is 37.1 Å². The second-order valence-corrected chi connectivity index (χ2v) is 15.2. The maximum absolute atomic E-state index is 14.0. The molecule has 0 bridgehead atoms. The summed E-state index contributed by atoms with van der Waals surface area (Å²) in [4.78, 5) is 59.1. The Kier molecular flexibility index (Phi) is 9.09. The van der Waals surface area contributed by atoms with Crippen molar-refractivity contribution in [1.82, 2.24) is 9.55 Å². The molecule has 0 radical (unpaired) electrons. The number of ether oxygens (including phenoxy) is 4. The lowest BCUT2D eigenvalue weighted by molar-refractivity contribution is -0.198. The van der Waals surface area contributed by atoms with Gasteiger partial charge in [0, 0.05) is 7.11 Å². The van der Waals surface area contributed by atoms with Crippen LogP contribution in [0.15, 0.2) is 4.79 Å². The summed E-state index contributed by atoms with van der Waals surface area (Å²) in [5.74, 6) is -1.05. The minimum Gasteiger partial charge on any atom is -0.444 e. The van der Waals surface area contributed by atoms with Crippen LogP contribution in [0.3, 0.4) is 0 Å². The number of carbonyl (C=O) groups is 3. The van der Waals surface area contributed by atoms with E-state index in [2.05, 4.69) is 15.6 Å². The Hall–Kier alpha value is -3.28. The summed E-state index contributed by atoms with van der Waals surface area (Å²) in [6.45, 7) is 14.0. The van der Waals surface area contributed by atoms with Crippen molar-refractivity contribution in [3.8, 4) is 0 Å². The molecule has 3 aliphatic rings. The number of aromatic nitrogens is 2. The number of amides is 2. The minimum absolute atomic E-state index is 0.343. The number of rotatable bonds is 2. The Morgan fingerprint density at radius 3 is 2.13 bits per heavy atom. The van der Waals surface area contributed by atoms with Crippen molar-refractivity contribution in [2.45, 2.75) is 110 Å². The average Bonchev–Trinajstić information content (AvgIpc) is 2.85. The SMILES string of the molecule is COP1(=O)OCC2OC3C(Nc4c(nc(NC(=O)OC(C)(C)C)n(C(=O)OC(C)(C)C)c4=O)N3C(=O)OC(C)(C)C)C(O)C2O1. The Bertz CT molecular complexity index is 1460. The van der Waals surface area contributed by atoms with E-state index in [0.717, 1.165) is 12.0 Å². The van der Waals surface area contributed by atoms with Crippen LogP contribution >= 0.6 is 7.82 Å². The minimum atomic E-state index is -4.05. The number of aliphatic hydroxyl groups is 1. The van der Waals surface area contributed by atoms with Gasteiger partial charge in [0.15, 0.2) is 12.0 Å². The molecule has 2 amide bonds. The lowest BCUT2D eigenvalue weighted by Crippen LogP contribution is -2.70. The maximum Gasteiger partial charge on any atom is 0.475 e. The zero-order valence-corrected chi connectivity index (χ0v) is 27.6. The Balaban J connectivity index is 1.90. The molecule has 2 fully saturated rings. The third-order valence-electron chi connectivity index (χ3n) is 6.20. The molecule has 6 unspecified atom stereocenters. The first kappa shape index (κ1) is 34.6. The fraction of sp³-hybridized carbons (Fsp3) is 0.731. The van der Waals surface area contributed by atoms with E-state index >= 15 is 0 Å².